The third kappa shape index (κ3) is 20.1. The molecule has 0 bridgehead atoms. The molecule has 3 atom stereocenters. The van der Waals surface area contributed by atoms with Gasteiger partial charge in [-0.25, -0.2) is 0 Å². The first-order valence-corrected chi connectivity index (χ1v) is 22.1. The number of halogens is 6. The second-order valence-electron chi connectivity index (χ2n) is 15.5. The van der Waals surface area contributed by atoms with Crippen molar-refractivity contribution < 1.29 is 168 Å². The molecule has 7 aromatic carbocycles. The van der Waals surface area contributed by atoms with Crippen molar-refractivity contribution in [1.29, 1.82) is 0 Å². The van der Waals surface area contributed by atoms with E-state index in [2.05, 4.69) is 162 Å². The van der Waals surface area contributed by atoms with Gasteiger partial charge in [-0.1, -0.05) is 144 Å². The zero-order chi connectivity index (χ0) is 45.4. The molecule has 0 heterocycles. The average molecular weight is 1090 g/mol. The van der Waals surface area contributed by atoms with E-state index < -0.39 is 13.2 Å². The molecule has 0 fully saturated rings. The summed E-state index contributed by atoms with van der Waals surface area (Å²) in [7, 11) is -6.12. The van der Waals surface area contributed by atoms with Crippen molar-refractivity contribution in [2.45, 2.75) is 46.6 Å². The molecule has 14 heteroatoms. The number of aliphatic hydroxyl groups excluding tert-OH is 1. The van der Waals surface area contributed by atoms with Crippen molar-refractivity contribution >= 4 is 43.9 Å². The van der Waals surface area contributed by atoms with E-state index in [1.165, 1.54) is 54.7 Å². The zero-order valence-corrected chi connectivity index (χ0v) is 42.7. The molecular formula is C51H53Ar3F6O2P2Ru-. The number of ether oxygens (including phenoxy) is 1. The summed E-state index contributed by atoms with van der Waals surface area (Å²) in [5.74, 6) is 1.26. The molecule has 2 nitrogen and oxygen atoms in total. The second kappa shape index (κ2) is 26.7. The maximum Gasteiger partial charge on any atom is 4.00 e. The van der Waals surface area contributed by atoms with Crippen LogP contribution in [0.2, 0.25) is 0 Å². The van der Waals surface area contributed by atoms with E-state index in [-0.39, 0.29) is 145 Å². The average Bonchev–Trinajstić information content (AvgIpc) is 3.19. The largest absolute Gasteiger partial charge is 4.00 e. The van der Waals surface area contributed by atoms with Gasteiger partial charge in [0.25, 0.3) is 0 Å². The van der Waals surface area contributed by atoms with Gasteiger partial charge < -0.3 is 23.7 Å². The number of hydrogen-bond donors (Lipinski definition) is 1. The molecule has 0 radical (unpaired) electrons. The van der Waals surface area contributed by atoms with Crippen LogP contribution in [-0.2, 0) is 31.5 Å². The summed E-state index contributed by atoms with van der Waals surface area (Å²) < 4.78 is 64.4. The van der Waals surface area contributed by atoms with Crippen LogP contribution in [0.5, 0.6) is 5.75 Å². The van der Waals surface area contributed by atoms with Crippen molar-refractivity contribution in [3.05, 3.63) is 199 Å². The minimum atomic E-state index is -10.7. The first-order chi connectivity index (χ1) is 28.3. The predicted octanol–water partition coefficient (Wildman–Crippen LogP) is 15.5. The summed E-state index contributed by atoms with van der Waals surface area (Å²) in [6.07, 6.45) is 0. The Bertz CT molecular complexity index is 2390. The number of fused-ring (bicyclic) bond motifs is 2. The van der Waals surface area contributed by atoms with Gasteiger partial charge in [-0.2, -0.15) is 59.7 Å². The summed E-state index contributed by atoms with van der Waals surface area (Å²) >= 11 is 0. The third-order valence-corrected chi connectivity index (χ3v) is 10.7. The topological polar surface area (TPSA) is 29.5 Å². The Morgan fingerprint density at radius 3 is 1.55 bits per heavy atom. The van der Waals surface area contributed by atoms with Gasteiger partial charge in [0.1, 0.15) is 5.75 Å². The molecule has 0 aliphatic rings. The molecule has 0 amide bonds. The van der Waals surface area contributed by atoms with Crippen molar-refractivity contribution in [3.8, 4) is 16.9 Å². The summed E-state index contributed by atoms with van der Waals surface area (Å²) in [4.78, 5) is 0. The number of aliphatic hydroxyl groups is 1. The van der Waals surface area contributed by atoms with Gasteiger partial charge in [0.15, 0.2) is 0 Å². The number of rotatable bonds is 7. The van der Waals surface area contributed by atoms with Gasteiger partial charge in [-0.3, -0.25) is 0 Å². The molecule has 354 valence electrons. The van der Waals surface area contributed by atoms with Gasteiger partial charge in [0, 0.05) is 120 Å². The Labute approximate surface area is 486 Å². The maximum absolute atomic E-state index is 10.7. The zero-order valence-electron chi connectivity index (χ0n) is 36.7. The van der Waals surface area contributed by atoms with Crippen molar-refractivity contribution in [1.82, 2.24) is 0 Å². The molecule has 0 aliphatic heterocycles. The molecular weight excluding hydrogens is 1040 g/mol. The Morgan fingerprint density at radius 1 is 0.692 bits per heavy atom. The molecule has 65 heavy (non-hydrogen) atoms. The minimum absolute atomic E-state index is 0. The molecule has 0 aliphatic carbocycles. The molecule has 7 aromatic rings. The molecule has 0 saturated carbocycles. The smallest absolute Gasteiger partial charge is 0.497 e. The standard InChI is InChI=1S/C21H25O2.C21H16P.C9H12.3Ar.F6P.Ru/c1-15(2)16(3)21(4,18-8-6-17(14-22)7-9-18)19-10-12-20(23-5)13-11-19;1-14-10-11-15-6-2-4-8-17(15)20(14)21-18-9-5-3-7-16(18)12-13-19(21)22;1-7-4-8(2)6-9(3)5-7;;;;1-7(2,3,4,5)6;/h6-8,10-13,15-16,22H,3-4,14H2,1-2,5H3;2-13H,1,22H2;4-6H,1-3H3;;;;;/q-3;-1;;;;;-1;+4/t16-,21?;;;;;;;/m0......./s1. The Morgan fingerprint density at radius 2 is 1.14 bits per heavy atom. The third-order valence-electron chi connectivity index (χ3n) is 10.2. The van der Waals surface area contributed by atoms with E-state index in [0.717, 1.165) is 28.0 Å². The van der Waals surface area contributed by atoms with Crippen LogP contribution in [0.15, 0.2) is 133 Å². The number of benzene rings is 7. The van der Waals surface area contributed by atoms with Gasteiger partial charge in [0.2, 0.25) is 0 Å². The van der Waals surface area contributed by atoms with Crippen LogP contribution in [0.3, 0.4) is 0 Å². The van der Waals surface area contributed by atoms with Crippen LogP contribution in [0.4, 0.5) is 25.2 Å². The summed E-state index contributed by atoms with van der Waals surface area (Å²) in [5.41, 5.74) is 10.0. The van der Waals surface area contributed by atoms with Crippen molar-refractivity contribution in [2.24, 2.45) is 11.8 Å². The number of aryl methyl sites for hydroxylation is 3. The van der Waals surface area contributed by atoms with E-state index in [1.54, 1.807) is 7.11 Å². The van der Waals surface area contributed by atoms with Crippen LogP contribution >= 0.6 is 17.0 Å². The van der Waals surface area contributed by atoms with Crippen LogP contribution in [-0.4, -0.2) is 12.2 Å². The first kappa shape index (κ1) is 64.5. The van der Waals surface area contributed by atoms with E-state index >= 15 is 0 Å². The quantitative estimate of drug-likeness (QED) is 0.0746. The Hall–Kier alpha value is -0.467. The summed E-state index contributed by atoms with van der Waals surface area (Å²) in [6.45, 7) is 23.9. The van der Waals surface area contributed by atoms with Crippen molar-refractivity contribution in [2.75, 3.05) is 7.11 Å². The van der Waals surface area contributed by atoms with Crippen LogP contribution < -0.4 is 10.0 Å². The predicted molar refractivity (Wildman–Crippen MR) is 249 cm³/mol. The Kier molecular flexibility index (Phi) is 26.5. The number of methoxy groups -OCH3 is 1. The fraction of sp³-hybridized carbons (Fsp3) is 0.196. The number of hydrogen-bond acceptors (Lipinski definition) is 2. The van der Waals surface area contributed by atoms with Crippen molar-refractivity contribution in [3.63, 3.8) is 0 Å². The van der Waals surface area contributed by atoms with E-state index in [0.29, 0.717) is 5.92 Å². The van der Waals surface area contributed by atoms with E-state index in [1.807, 2.05) is 42.5 Å². The van der Waals surface area contributed by atoms with Crippen LogP contribution in [0.25, 0.3) is 32.7 Å². The maximum atomic E-state index is 9.87. The monoisotopic (exact) mass is 1100 g/mol. The van der Waals surface area contributed by atoms with Gasteiger partial charge >= 0.3 is 52.5 Å². The second-order valence-corrected chi connectivity index (χ2v) is 18.1. The first-order valence-electron chi connectivity index (χ1n) is 19.5. The molecule has 1 N–H and O–H groups in total. The SMILES string of the molecule is Cc1cc(C)cc(C)c1.F[P-](F)(F)(F)(F)F.[Ar].[Ar].[Ar].[CH2-][C@@H](C(C)C)C([CH2-])(c1[c-]cc(CO)cc1)c1ccc(OC)cc1.[CH2-]c1ccc2ccccc2c1-c1c(P)ccc2ccccc12.[Ru+4]. The van der Waals surface area contributed by atoms with Crippen LogP contribution in [0.1, 0.15) is 52.8 Å². The Balaban J connectivity index is 0.000000907. The fourth-order valence-electron chi connectivity index (χ4n) is 7.24. The minimum Gasteiger partial charge on any atom is -0.497 e. The summed E-state index contributed by atoms with van der Waals surface area (Å²) in [6, 6.07) is 49.3. The van der Waals surface area contributed by atoms with E-state index in [4.69, 9.17) is 4.74 Å². The van der Waals surface area contributed by atoms with Gasteiger partial charge in [-0.15, -0.1) is 26.4 Å². The van der Waals surface area contributed by atoms with Gasteiger partial charge in [-0.05, 0) is 54.4 Å². The normalized spacial score (nSPS) is 13.0. The molecule has 0 aromatic heterocycles. The van der Waals surface area contributed by atoms with Gasteiger partial charge in [0.05, 0.1) is 7.11 Å². The molecule has 7 rings (SSSR count). The van der Waals surface area contributed by atoms with Crippen LogP contribution in [0, 0.1) is 173 Å². The molecule has 2 unspecified atom stereocenters. The fourth-order valence-corrected chi connectivity index (χ4v) is 7.64. The molecule has 0 saturated heterocycles. The van der Waals surface area contributed by atoms with E-state index in [9.17, 15) is 30.3 Å². The summed E-state index contributed by atoms with van der Waals surface area (Å²) in [5, 5.41) is 15.5. The molecule has 0 spiro atoms.